The summed E-state index contributed by atoms with van der Waals surface area (Å²) in [6.07, 6.45) is 5.01. The van der Waals surface area contributed by atoms with Crippen molar-refractivity contribution in [2.45, 2.75) is 27.7 Å². The lowest BCUT2D eigenvalue weighted by molar-refractivity contribution is -0.363. The van der Waals surface area contributed by atoms with Gasteiger partial charge >= 0.3 is 6.97 Å². The van der Waals surface area contributed by atoms with Gasteiger partial charge in [-0.15, -0.1) is 0 Å². The Morgan fingerprint density at radius 3 is 2.57 bits per heavy atom. The smallest absolute Gasteiger partial charge is 0.472 e. The van der Waals surface area contributed by atoms with E-state index in [1.54, 1.807) is 26.4 Å². The molecule has 0 unspecified atom stereocenters. The van der Waals surface area contributed by atoms with Crippen LogP contribution in [0.2, 0.25) is 0 Å². The van der Waals surface area contributed by atoms with Crippen LogP contribution >= 0.6 is 0 Å². The fourth-order valence-electron chi connectivity index (χ4n) is 3.98. The molecule has 0 saturated heterocycles. The number of furan rings is 1. The van der Waals surface area contributed by atoms with E-state index in [0.717, 1.165) is 22.3 Å². The standard InChI is InChI=1S/C17H17BF2N2O/c1-10-7-12(3)21-16(10)15(14-5-6-23-9-14)17-11(2)8-13(4)22(17)18(21,19)20/h5-9H,1-4H3. The average molecular weight is 314 g/mol. The Hall–Kier alpha value is -2.37. The van der Waals surface area contributed by atoms with Gasteiger partial charge < -0.3 is 22.0 Å². The highest BCUT2D eigenvalue weighted by atomic mass is 19.2. The summed E-state index contributed by atoms with van der Waals surface area (Å²) in [7, 11) is 0. The van der Waals surface area contributed by atoms with E-state index in [1.165, 1.54) is 8.96 Å². The summed E-state index contributed by atoms with van der Waals surface area (Å²) in [4.78, 5) is 0. The molecule has 0 aromatic carbocycles. The van der Waals surface area contributed by atoms with Gasteiger partial charge in [-0.2, -0.15) is 0 Å². The summed E-state index contributed by atoms with van der Waals surface area (Å²) in [5.74, 6) is 0. The molecule has 0 N–H and O–H groups in total. The highest BCUT2D eigenvalue weighted by Crippen LogP contribution is 2.43. The molecule has 0 bridgehead atoms. The molecule has 3 nitrogen and oxygen atoms in total. The van der Waals surface area contributed by atoms with Crippen LogP contribution in [0.15, 0.2) is 46.4 Å². The number of aromatic nitrogens is 1. The van der Waals surface area contributed by atoms with Gasteiger partial charge in [-0.3, -0.25) is 0 Å². The minimum Gasteiger partial charge on any atom is -0.472 e. The molecule has 2 aliphatic rings. The fraction of sp³-hybridized carbons (Fsp3) is 0.235. The zero-order valence-electron chi connectivity index (χ0n) is 13.5. The Labute approximate surface area is 133 Å². The third kappa shape index (κ3) is 1.66. The topological polar surface area (TPSA) is 21.1 Å². The first-order valence-corrected chi connectivity index (χ1v) is 7.63. The number of aryl methyl sites for hydroxylation is 2. The molecule has 2 aliphatic heterocycles. The Kier molecular flexibility index (Phi) is 2.69. The fourth-order valence-corrected chi connectivity index (χ4v) is 3.98. The minimum absolute atomic E-state index is 0.569. The average Bonchev–Trinajstić information content (AvgIpc) is 3.12. The summed E-state index contributed by atoms with van der Waals surface area (Å²) < 4.78 is 38.2. The maximum Gasteiger partial charge on any atom is 0.737 e. The van der Waals surface area contributed by atoms with Crippen LogP contribution in [0.4, 0.5) is 8.63 Å². The summed E-state index contributed by atoms with van der Waals surface area (Å²) in [5, 5.41) is 0. The van der Waals surface area contributed by atoms with E-state index in [0.29, 0.717) is 22.8 Å². The maximum absolute atomic E-state index is 15.3. The highest BCUT2D eigenvalue weighted by Gasteiger charge is 2.55. The lowest BCUT2D eigenvalue weighted by Gasteiger charge is -2.33. The van der Waals surface area contributed by atoms with Gasteiger partial charge in [-0.1, -0.05) is 0 Å². The predicted octanol–water partition coefficient (Wildman–Crippen LogP) is 4.13. The van der Waals surface area contributed by atoms with Crippen LogP contribution in [0, 0.1) is 13.8 Å². The number of nitrogens with zero attached hydrogens (tertiary/aromatic N) is 2. The second-order valence-corrected chi connectivity index (χ2v) is 6.35. The van der Waals surface area contributed by atoms with Crippen LogP contribution in [0.25, 0.3) is 5.57 Å². The van der Waals surface area contributed by atoms with Crippen LogP contribution < -0.4 is 0 Å². The molecule has 4 heterocycles. The van der Waals surface area contributed by atoms with Crippen molar-refractivity contribution in [1.82, 2.24) is 4.48 Å². The van der Waals surface area contributed by atoms with Crippen LogP contribution in [0.1, 0.15) is 36.4 Å². The Morgan fingerprint density at radius 2 is 1.91 bits per heavy atom. The van der Waals surface area contributed by atoms with Crippen molar-refractivity contribution in [2.75, 3.05) is 0 Å². The third-order valence-corrected chi connectivity index (χ3v) is 4.74. The first kappa shape index (κ1) is 14.2. The van der Waals surface area contributed by atoms with E-state index in [2.05, 4.69) is 0 Å². The molecule has 0 spiro atoms. The highest BCUT2D eigenvalue weighted by molar-refractivity contribution is 6.58. The zero-order valence-corrected chi connectivity index (χ0v) is 13.5. The van der Waals surface area contributed by atoms with E-state index >= 15 is 8.63 Å². The normalized spacial score (nSPS) is 19.1. The lowest BCUT2D eigenvalue weighted by atomic mass is 9.84. The molecule has 0 amide bonds. The minimum atomic E-state index is -3.90. The van der Waals surface area contributed by atoms with Crippen molar-refractivity contribution in [3.05, 3.63) is 64.5 Å². The number of halogens is 2. The van der Waals surface area contributed by atoms with E-state index in [4.69, 9.17) is 4.42 Å². The second-order valence-electron chi connectivity index (χ2n) is 6.35. The summed E-state index contributed by atoms with van der Waals surface area (Å²) >= 11 is 0. The van der Waals surface area contributed by atoms with Crippen molar-refractivity contribution in [1.29, 1.82) is 0 Å². The molecule has 0 aliphatic carbocycles. The number of allylic oxidation sites excluding steroid dienone is 2. The number of hydrogen-bond acceptors (Lipinski definition) is 1. The first-order chi connectivity index (χ1) is 10.8. The Morgan fingerprint density at radius 1 is 1.17 bits per heavy atom. The molecule has 118 valence electrons. The molecule has 2 aromatic heterocycles. The van der Waals surface area contributed by atoms with Gasteiger partial charge in [-0.25, -0.2) is 0 Å². The molecule has 4 rings (SSSR count). The van der Waals surface area contributed by atoms with Crippen molar-refractivity contribution >= 4 is 18.3 Å². The molecule has 6 heteroatoms. The van der Waals surface area contributed by atoms with Crippen molar-refractivity contribution < 1.29 is 17.5 Å². The summed E-state index contributed by atoms with van der Waals surface area (Å²) in [6, 6.07) is 3.65. The van der Waals surface area contributed by atoms with Gasteiger partial charge in [0.15, 0.2) is 5.70 Å². The first-order valence-electron chi connectivity index (χ1n) is 7.63. The monoisotopic (exact) mass is 314 g/mol. The molecule has 0 atom stereocenters. The third-order valence-electron chi connectivity index (χ3n) is 4.74. The Bertz CT molecular complexity index is 930. The van der Waals surface area contributed by atoms with Crippen LogP contribution in [-0.4, -0.2) is 21.6 Å². The van der Waals surface area contributed by atoms with E-state index in [-0.39, 0.29) is 0 Å². The van der Waals surface area contributed by atoms with Crippen LogP contribution in [0.5, 0.6) is 0 Å². The molecule has 2 aromatic rings. The van der Waals surface area contributed by atoms with Crippen LogP contribution in [-0.2, 0) is 0 Å². The molecule has 0 fully saturated rings. The SMILES string of the molecule is CC1=CC(C)=[N+]2C1=C(c1ccoc1)c1c(C)cc(C)n1[B-]2(F)F. The molecular formula is C17H17BF2N2O. The second kappa shape index (κ2) is 4.34. The van der Waals surface area contributed by atoms with Gasteiger partial charge in [0.05, 0.1) is 18.1 Å². The van der Waals surface area contributed by atoms with Crippen molar-refractivity contribution in [3.8, 4) is 0 Å². The number of fused-ring (bicyclic) bond motifs is 2. The van der Waals surface area contributed by atoms with E-state index < -0.39 is 6.97 Å². The molecular weight excluding hydrogens is 297 g/mol. The van der Waals surface area contributed by atoms with Gasteiger partial charge in [-0.05, 0) is 44.2 Å². The van der Waals surface area contributed by atoms with Gasteiger partial charge in [0.1, 0.15) is 5.71 Å². The lowest BCUT2D eigenvalue weighted by Crippen LogP contribution is -2.51. The summed E-state index contributed by atoms with van der Waals surface area (Å²) in [6.45, 7) is 3.32. The van der Waals surface area contributed by atoms with Gasteiger partial charge in [0, 0.05) is 29.8 Å². The van der Waals surface area contributed by atoms with Crippen LogP contribution in [0.3, 0.4) is 0 Å². The molecule has 0 saturated carbocycles. The van der Waals surface area contributed by atoms with E-state index in [1.807, 2.05) is 32.1 Å². The quantitative estimate of drug-likeness (QED) is 0.725. The number of hydrogen-bond donors (Lipinski definition) is 0. The number of rotatable bonds is 1. The molecule has 0 radical (unpaired) electrons. The van der Waals surface area contributed by atoms with E-state index in [9.17, 15) is 0 Å². The van der Waals surface area contributed by atoms with Gasteiger partial charge in [0.2, 0.25) is 0 Å². The van der Waals surface area contributed by atoms with Crippen molar-refractivity contribution in [3.63, 3.8) is 0 Å². The summed E-state index contributed by atoms with van der Waals surface area (Å²) in [5.41, 5.74) is 5.64. The molecule has 23 heavy (non-hydrogen) atoms. The Balaban J connectivity index is 2.20. The largest absolute Gasteiger partial charge is 0.737 e. The van der Waals surface area contributed by atoms with Gasteiger partial charge in [0.25, 0.3) is 0 Å². The zero-order chi connectivity index (χ0) is 16.5. The maximum atomic E-state index is 15.3. The predicted molar refractivity (Wildman–Crippen MR) is 86.7 cm³/mol. The van der Waals surface area contributed by atoms with Crippen molar-refractivity contribution in [2.24, 2.45) is 0 Å².